The summed E-state index contributed by atoms with van der Waals surface area (Å²) in [6.45, 7) is 6.50. The van der Waals surface area contributed by atoms with Crippen molar-refractivity contribution in [1.29, 1.82) is 0 Å². The number of anilines is 1. The maximum atomic E-state index is 13.5. The van der Waals surface area contributed by atoms with Crippen LogP contribution >= 0.6 is 0 Å². The Labute approximate surface area is 125 Å². The largest absolute Gasteiger partial charge is 0.458 e. The number of carbonyl (C=O) groups excluding carboxylic acids is 1. The normalized spacial score (nSPS) is 25.9. The zero-order valence-corrected chi connectivity index (χ0v) is 12.9. The Morgan fingerprint density at radius 1 is 1.38 bits per heavy atom. The second-order valence-electron chi connectivity index (χ2n) is 6.51. The van der Waals surface area contributed by atoms with Crippen LogP contribution in [-0.4, -0.2) is 12.1 Å². The molecule has 1 aliphatic rings. The van der Waals surface area contributed by atoms with Gasteiger partial charge in [0, 0.05) is 0 Å². The average Bonchev–Trinajstić information content (AvgIpc) is 2.41. The molecule has 0 saturated heterocycles. The fourth-order valence-electron chi connectivity index (χ4n) is 3.11. The van der Waals surface area contributed by atoms with E-state index in [0.29, 0.717) is 17.8 Å². The SMILES string of the molecule is CC1CCC(C(C)C)C(OC(=O)c2ccc(N)c(F)c2)C1. The molecule has 0 heterocycles. The summed E-state index contributed by atoms with van der Waals surface area (Å²) in [5.41, 5.74) is 5.69. The molecule has 0 radical (unpaired) electrons. The van der Waals surface area contributed by atoms with E-state index in [1.165, 1.54) is 18.6 Å². The van der Waals surface area contributed by atoms with Crippen molar-refractivity contribution >= 4 is 11.7 Å². The summed E-state index contributed by atoms with van der Waals surface area (Å²) in [6, 6.07) is 4.06. The van der Waals surface area contributed by atoms with Crippen LogP contribution in [-0.2, 0) is 4.74 Å². The molecule has 3 atom stereocenters. The predicted octanol–water partition coefficient (Wildman–Crippen LogP) is 4.03. The minimum absolute atomic E-state index is 0.0397. The number of benzene rings is 1. The van der Waals surface area contributed by atoms with Gasteiger partial charge in [-0.25, -0.2) is 9.18 Å². The molecule has 21 heavy (non-hydrogen) atoms. The second kappa shape index (κ2) is 6.46. The molecule has 1 saturated carbocycles. The molecule has 4 heteroatoms. The van der Waals surface area contributed by atoms with Gasteiger partial charge in [-0.15, -0.1) is 0 Å². The van der Waals surface area contributed by atoms with E-state index >= 15 is 0 Å². The van der Waals surface area contributed by atoms with E-state index < -0.39 is 11.8 Å². The van der Waals surface area contributed by atoms with Crippen molar-refractivity contribution in [2.45, 2.75) is 46.1 Å². The molecule has 1 fully saturated rings. The van der Waals surface area contributed by atoms with Crippen molar-refractivity contribution in [2.24, 2.45) is 17.8 Å². The Hall–Kier alpha value is -1.58. The van der Waals surface area contributed by atoms with Gasteiger partial charge in [-0.1, -0.05) is 27.2 Å². The lowest BCUT2D eigenvalue weighted by Gasteiger charge is -2.36. The van der Waals surface area contributed by atoms with Crippen LogP contribution in [0.2, 0.25) is 0 Å². The fourth-order valence-corrected chi connectivity index (χ4v) is 3.11. The van der Waals surface area contributed by atoms with Crippen LogP contribution in [0.15, 0.2) is 18.2 Å². The van der Waals surface area contributed by atoms with Gasteiger partial charge in [0.2, 0.25) is 0 Å². The van der Waals surface area contributed by atoms with Gasteiger partial charge in [0.25, 0.3) is 0 Å². The summed E-state index contributed by atoms with van der Waals surface area (Å²) in [5.74, 6) is 0.365. The summed E-state index contributed by atoms with van der Waals surface area (Å²) >= 11 is 0. The quantitative estimate of drug-likeness (QED) is 0.676. The molecule has 1 aliphatic carbocycles. The van der Waals surface area contributed by atoms with Crippen molar-refractivity contribution in [2.75, 3.05) is 5.73 Å². The van der Waals surface area contributed by atoms with Crippen LogP contribution in [0.3, 0.4) is 0 Å². The molecule has 2 N–H and O–H groups in total. The summed E-state index contributed by atoms with van der Waals surface area (Å²) in [4.78, 5) is 12.2. The third-order valence-corrected chi connectivity index (χ3v) is 4.46. The molecule has 0 amide bonds. The van der Waals surface area contributed by atoms with Crippen LogP contribution < -0.4 is 5.73 Å². The van der Waals surface area contributed by atoms with Crippen molar-refractivity contribution in [1.82, 2.24) is 0 Å². The van der Waals surface area contributed by atoms with Crippen LogP contribution in [0.4, 0.5) is 10.1 Å². The van der Waals surface area contributed by atoms with Gasteiger partial charge in [-0.2, -0.15) is 0 Å². The first-order valence-electron chi connectivity index (χ1n) is 7.64. The lowest BCUT2D eigenvalue weighted by atomic mass is 9.75. The number of ether oxygens (including phenoxy) is 1. The van der Waals surface area contributed by atoms with Gasteiger partial charge in [0.05, 0.1) is 11.3 Å². The average molecular weight is 293 g/mol. The Morgan fingerprint density at radius 3 is 2.71 bits per heavy atom. The molecule has 1 aromatic carbocycles. The molecule has 2 rings (SSSR count). The topological polar surface area (TPSA) is 52.3 Å². The number of esters is 1. The lowest BCUT2D eigenvalue weighted by Crippen LogP contribution is -2.35. The number of hydrogen-bond donors (Lipinski definition) is 1. The van der Waals surface area contributed by atoms with E-state index in [-0.39, 0.29) is 17.4 Å². The first-order valence-corrected chi connectivity index (χ1v) is 7.64. The summed E-state index contributed by atoms with van der Waals surface area (Å²) in [5, 5.41) is 0. The Kier molecular flexibility index (Phi) is 4.86. The molecule has 0 aliphatic heterocycles. The number of hydrogen-bond acceptors (Lipinski definition) is 3. The number of nitrogens with two attached hydrogens (primary N) is 1. The monoisotopic (exact) mass is 293 g/mol. The van der Waals surface area contributed by atoms with Crippen LogP contribution in [0.1, 0.15) is 50.4 Å². The fraction of sp³-hybridized carbons (Fsp3) is 0.588. The highest BCUT2D eigenvalue weighted by Gasteiger charge is 2.33. The van der Waals surface area contributed by atoms with E-state index in [1.54, 1.807) is 0 Å². The minimum atomic E-state index is -0.582. The minimum Gasteiger partial charge on any atom is -0.458 e. The number of rotatable bonds is 3. The maximum Gasteiger partial charge on any atom is 0.338 e. The zero-order chi connectivity index (χ0) is 15.6. The van der Waals surface area contributed by atoms with Crippen molar-refractivity contribution in [3.63, 3.8) is 0 Å². The Bertz CT molecular complexity index is 516. The molecule has 0 aromatic heterocycles. The van der Waals surface area contributed by atoms with Crippen LogP contribution in [0.25, 0.3) is 0 Å². The predicted molar refractivity (Wildman–Crippen MR) is 81.4 cm³/mol. The third kappa shape index (κ3) is 3.74. The molecule has 116 valence electrons. The third-order valence-electron chi connectivity index (χ3n) is 4.46. The van der Waals surface area contributed by atoms with Crippen LogP contribution in [0, 0.1) is 23.6 Å². The number of nitrogen functional groups attached to an aromatic ring is 1. The van der Waals surface area contributed by atoms with Gasteiger partial charge >= 0.3 is 5.97 Å². The molecule has 0 bridgehead atoms. The Morgan fingerprint density at radius 2 is 2.10 bits per heavy atom. The first-order chi connectivity index (χ1) is 9.88. The highest BCUT2D eigenvalue weighted by atomic mass is 19.1. The highest BCUT2D eigenvalue weighted by Crippen LogP contribution is 2.35. The second-order valence-corrected chi connectivity index (χ2v) is 6.51. The summed E-state index contributed by atoms with van der Waals surface area (Å²) < 4.78 is 19.1. The van der Waals surface area contributed by atoms with Crippen molar-refractivity contribution in [3.8, 4) is 0 Å². The molecule has 3 unspecified atom stereocenters. The Balaban J connectivity index is 2.10. The van der Waals surface area contributed by atoms with E-state index in [4.69, 9.17) is 10.5 Å². The number of carbonyl (C=O) groups is 1. The summed E-state index contributed by atoms with van der Waals surface area (Å²) in [6.07, 6.45) is 3.05. The van der Waals surface area contributed by atoms with Crippen molar-refractivity contribution in [3.05, 3.63) is 29.6 Å². The van der Waals surface area contributed by atoms with Gasteiger partial charge in [-0.05, 0) is 48.8 Å². The standard InChI is InChI=1S/C17H24FNO2/c1-10(2)13-6-4-11(3)8-16(13)21-17(20)12-5-7-15(19)14(18)9-12/h5,7,9-11,13,16H,4,6,8,19H2,1-3H3. The van der Waals surface area contributed by atoms with Gasteiger partial charge < -0.3 is 10.5 Å². The molecule has 3 nitrogen and oxygen atoms in total. The van der Waals surface area contributed by atoms with E-state index in [9.17, 15) is 9.18 Å². The van der Waals surface area contributed by atoms with Gasteiger partial charge in [0.15, 0.2) is 0 Å². The van der Waals surface area contributed by atoms with Gasteiger partial charge in [0.1, 0.15) is 11.9 Å². The molecular formula is C17H24FNO2. The van der Waals surface area contributed by atoms with E-state index in [1.807, 2.05) is 0 Å². The summed E-state index contributed by atoms with van der Waals surface area (Å²) in [7, 11) is 0. The molecular weight excluding hydrogens is 269 g/mol. The molecule has 0 spiro atoms. The smallest absolute Gasteiger partial charge is 0.338 e. The van der Waals surface area contributed by atoms with E-state index in [2.05, 4.69) is 20.8 Å². The maximum absolute atomic E-state index is 13.5. The van der Waals surface area contributed by atoms with Crippen LogP contribution in [0.5, 0.6) is 0 Å². The van der Waals surface area contributed by atoms with Crippen molar-refractivity contribution < 1.29 is 13.9 Å². The van der Waals surface area contributed by atoms with Gasteiger partial charge in [-0.3, -0.25) is 0 Å². The van der Waals surface area contributed by atoms with E-state index in [0.717, 1.165) is 18.9 Å². The highest BCUT2D eigenvalue weighted by molar-refractivity contribution is 5.90. The molecule has 1 aromatic rings. The number of halogens is 1. The first kappa shape index (κ1) is 15.8. The zero-order valence-electron chi connectivity index (χ0n) is 12.9. The lowest BCUT2D eigenvalue weighted by molar-refractivity contribution is -0.0174.